The molecule has 7 nitrogen and oxygen atoms in total. The first kappa shape index (κ1) is 23.2. The highest BCUT2D eigenvalue weighted by Crippen LogP contribution is 2.27. The molecular formula is C28H20N2O5. The number of ether oxygens (including phenoxy) is 5. The first-order valence-electron chi connectivity index (χ1n) is 10.5. The molecule has 0 fully saturated rings. The van der Waals surface area contributed by atoms with Gasteiger partial charge in [-0.25, -0.2) is 0 Å². The molecule has 172 valence electrons. The molecule has 0 aliphatic rings. The molecule has 0 aliphatic heterocycles. The van der Waals surface area contributed by atoms with E-state index in [0.717, 1.165) is 0 Å². The van der Waals surface area contributed by atoms with E-state index in [1.165, 1.54) is 0 Å². The predicted octanol–water partition coefficient (Wildman–Crippen LogP) is 5.45. The van der Waals surface area contributed by atoms with Crippen LogP contribution in [0, 0.1) is 24.7 Å². The topological polar surface area (TPSA) is 71.9 Å². The summed E-state index contributed by atoms with van der Waals surface area (Å²) in [5.74, 6) is 7.94. The number of hydrogen-bond donors (Lipinski definition) is 0. The molecule has 7 heteroatoms. The van der Waals surface area contributed by atoms with Gasteiger partial charge in [-0.3, -0.25) is 14.7 Å². The number of terminal acetylenes is 2. The van der Waals surface area contributed by atoms with Crippen molar-refractivity contribution in [3.63, 3.8) is 0 Å². The molecule has 2 heterocycles. The van der Waals surface area contributed by atoms with Crippen LogP contribution in [0.1, 0.15) is 0 Å². The van der Waals surface area contributed by atoms with Crippen molar-refractivity contribution in [2.24, 2.45) is 0 Å². The third-order valence-electron chi connectivity index (χ3n) is 4.36. The second-order valence-electron chi connectivity index (χ2n) is 6.90. The molecule has 2 unspecified atom stereocenters. The lowest BCUT2D eigenvalue weighted by atomic mass is 10.3. The van der Waals surface area contributed by atoms with Crippen LogP contribution in [0.4, 0.5) is 0 Å². The van der Waals surface area contributed by atoms with Crippen LogP contribution < -0.4 is 18.9 Å². The van der Waals surface area contributed by atoms with Gasteiger partial charge in [0.05, 0.1) is 12.4 Å². The zero-order valence-electron chi connectivity index (χ0n) is 18.5. The summed E-state index contributed by atoms with van der Waals surface area (Å²) in [5.41, 5.74) is 0. The van der Waals surface area contributed by atoms with Gasteiger partial charge in [0, 0.05) is 24.5 Å². The number of aromatic nitrogens is 2. The minimum atomic E-state index is -1.11. The van der Waals surface area contributed by atoms with Crippen molar-refractivity contribution in [1.82, 2.24) is 9.97 Å². The van der Waals surface area contributed by atoms with Crippen molar-refractivity contribution < 1.29 is 23.7 Å². The van der Waals surface area contributed by atoms with E-state index < -0.39 is 12.6 Å². The van der Waals surface area contributed by atoms with Crippen LogP contribution in [0.5, 0.6) is 34.5 Å². The summed E-state index contributed by atoms with van der Waals surface area (Å²) in [6.07, 6.45) is 15.5. The first-order valence-corrected chi connectivity index (χ1v) is 10.5. The van der Waals surface area contributed by atoms with Crippen LogP contribution in [-0.2, 0) is 4.74 Å². The average Bonchev–Trinajstić information content (AvgIpc) is 2.89. The largest absolute Gasteiger partial charge is 0.456 e. The highest BCUT2D eigenvalue weighted by atomic mass is 16.8. The van der Waals surface area contributed by atoms with Crippen molar-refractivity contribution in [1.29, 1.82) is 0 Å². The summed E-state index contributed by atoms with van der Waals surface area (Å²) >= 11 is 0. The Morgan fingerprint density at radius 2 is 1.00 bits per heavy atom. The normalized spacial score (nSPS) is 11.8. The van der Waals surface area contributed by atoms with Gasteiger partial charge in [-0.05, 0) is 60.4 Å². The SMILES string of the molecule is C#CC(Oc1cccc(Oc2cccnc2)c1)OC(C#C)Oc1cccc(Oc2cccnc2)c1. The molecule has 35 heavy (non-hydrogen) atoms. The van der Waals surface area contributed by atoms with Gasteiger partial charge in [0.25, 0.3) is 12.6 Å². The molecule has 4 aromatic rings. The quantitative estimate of drug-likeness (QED) is 0.228. The Labute approximate surface area is 203 Å². The average molecular weight is 464 g/mol. The maximum absolute atomic E-state index is 5.76. The summed E-state index contributed by atoms with van der Waals surface area (Å²) in [5, 5.41) is 0. The lowest BCUT2D eigenvalue weighted by Gasteiger charge is -2.20. The molecule has 0 N–H and O–H groups in total. The third kappa shape index (κ3) is 7.00. The van der Waals surface area contributed by atoms with Crippen molar-refractivity contribution in [2.75, 3.05) is 0 Å². The van der Waals surface area contributed by atoms with Gasteiger partial charge in [-0.2, -0.15) is 0 Å². The van der Waals surface area contributed by atoms with Gasteiger partial charge >= 0.3 is 0 Å². The standard InChI is InChI=1S/C28H20N2O5/c1-3-27(33-23-11-5-9-21(17-23)31-25-13-7-15-29-19-25)35-28(4-2)34-24-12-6-10-22(18-24)32-26-14-8-16-30-20-26/h1-2,5-20,27-28H. The van der Waals surface area contributed by atoms with E-state index in [1.807, 2.05) is 0 Å². The number of benzene rings is 2. The van der Waals surface area contributed by atoms with Crippen molar-refractivity contribution in [3.8, 4) is 59.2 Å². The van der Waals surface area contributed by atoms with E-state index in [2.05, 4.69) is 21.8 Å². The van der Waals surface area contributed by atoms with Crippen LogP contribution in [0.25, 0.3) is 0 Å². The minimum absolute atomic E-state index is 0.428. The maximum Gasteiger partial charge on any atom is 0.268 e. The molecule has 0 spiro atoms. The van der Waals surface area contributed by atoms with E-state index in [0.29, 0.717) is 34.5 Å². The highest BCUT2D eigenvalue weighted by molar-refractivity contribution is 5.37. The molecule has 4 rings (SSSR count). The second kappa shape index (κ2) is 11.8. The van der Waals surface area contributed by atoms with Gasteiger partial charge in [0.2, 0.25) is 0 Å². The molecule has 0 saturated heterocycles. The predicted molar refractivity (Wildman–Crippen MR) is 129 cm³/mol. The van der Waals surface area contributed by atoms with Crippen LogP contribution in [-0.4, -0.2) is 22.5 Å². The van der Waals surface area contributed by atoms with Crippen LogP contribution >= 0.6 is 0 Å². The smallest absolute Gasteiger partial charge is 0.268 e. The zero-order valence-corrected chi connectivity index (χ0v) is 18.5. The minimum Gasteiger partial charge on any atom is -0.456 e. The first-order chi connectivity index (χ1) is 17.2. The summed E-state index contributed by atoms with van der Waals surface area (Å²) in [6.45, 7) is 0. The maximum atomic E-state index is 5.76. The fraction of sp³-hybridized carbons (Fsp3) is 0.0714. The number of hydrogen-bond acceptors (Lipinski definition) is 7. The van der Waals surface area contributed by atoms with Crippen molar-refractivity contribution >= 4 is 0 Å². The molecule has 2 atom stereocenters. The van der Waals surface area contributed by atoms with Gasteiger partial charge in [-0.15, -0.1) is 12.8 Å². The second-order valence-corrected chi connectivity index (χ2v) is 6.90. The third-order valence-corrected chi connectivity index (χ3v) is 4.36. The van der Waals surface area contributed by atoms with Gasteiger partial charge < -0.3 is 18.9 Å². The monoisotopic (exact) mass is 464 g/mol. The molecule has 0 amide bonds. The van der Waals surface area contributed by atoms with E-state index in [1.54, 1.807) is 97.6 Å². The Morgan fingerprint density at radius 3 is 1.40 bits per heavy atom. The van der Waals surface area contributed by atoms with E-state index in [-0.39, 0.29) is 0 Å². The Kier molecular flexibility index (Phi) is 7.79. The Morgan fingerprint density at radius 1 is 0.571 bits per heavy atom. The van der Waals surface area contributed by atoms with Gasteiger partial charge in [-0.1, -0.05) is 12.1 Å². The lowest BCUT2D eigenvalue weighted by Crippen LogP contribution is -2.28. The molecule has 0 saturated carbocycles. The number of rotatable bonds is 10. The molecule has 0 radical (unpaired) electrons. The molecule has 0 bridgehead atoms. The fourth-order valence-electron chi connectivity index (χ4n) is 2.87. The zero-order chi connectivity index (χ0) is 24.3. The summed E-state index contributed by atoms with van der Waals surface area (Å²) < 4.78 is 28.7. The van der Waals surface area contributed by atoms with Crippen LogP contribution in [0.2, 0.25) is 0 Å². The highest BCUT2D eigenvalue weighted by Gasteiger charge is 2.17. The molecule has 2 aromatic carbocycles. The number of nitrogens with zero attached hydrogens (tertiary/aromatic N) is 2. The van der Waals surface area contributed by atoms with Gasteiger partial charge in [0.1, 0.15) is 34.5 Å². The Hall–Kier alpha value is -4.98. The summed E-state index contributed by atoms with van der Waals surface area (Å²) in [6, 6.07) is 21.0. The van der Waals surface area contributed by atoms with Crippen molar-refractivity contribution in [3.05, 3.63) is 97.6 Å². The van der Waals surface area contributed by atoms with Crippen molar-refractivity contribution in [2.45, 2.75) is 12.6 Å². The molecular weight excluding hydrogens is 444 g/mol. The number of pyridine rings is 2. The van der Waals surface area contributed by atoms with E-state index in [9.17, 15) is 0 Å². The summed E-state index contributed by atoms with van der Waals surface area (Å²) in [4.78, 5) is 8.04. The molecule has 0 aliphatic carbocycles. The Balaban J connectivity index is 1.37. The van der Waals surface area contributed by atoms with Gasteiger partial charge in [0.15, 0.2) is 0 Å². The van der Waals surface area contributed by atoms with Crippen LogP contribution in [0.3, 0.4) is 0 Å². The molecule has 2 aromatic heterocycles. The lowest BCUT2D eigenvalue weighted by molar-refractivity contribution is -0.131. The Bertz CT molecular complexity index is 1210. The summed E-state index contributed by atoms with van der Waals surface area (Å²) in [7, 11) is 0. The van der Waals surface area contributed by atoms with E-state index in [4.69, 9.17) is 36.5 Å². The van der Waals surface area contributed by atoms with E-state index >= 15 is 0 Å². The fourth-order valence-corrected chi connectivity index (χ4v) is 2.87. The van der Waals surface area contributed by atoms with Crippen LogP contribution in [0.15, 0.2) is 97.6 Å².